The second-order valence-electron chi connectivity index (χ2n) is 8.36. The van der Waals surface area contributed by atoms with Crippen LogP contribution in [0.4, 0.5) is 17.5 Å². The van der Waals surface area contributed by atoms with Crippen molar-refractivity contribution in [2.45, 2.75) is 50.7 Å². The van der Waals surface area contributed by atoms with Gasteiger partial charge in [-0.3, -0.25) is 4.98 Å². The van der Waals surface area contributed by atoms with Crippen LogP contribution in [0.15, 0.2) is 34.6 Å². The molecule has 3 aromatic heterocycles. The van der Waals surface area contributed by atoms with E-state index < -0.39 is 0 Å². The van der Waals surface area contributed by atoms with Crippen molar-refractivity contribution < 1.29 is 4.74 Å². The Morgan fingerprint density at radius 3 is 2.61 bits per heavy atom. The third-order valence-electron chi connectivity index (χ3n) is 6.49. The molecule has 0 unspecified atom stereocenters. The Morgan fingerprint density at radius 1 is 1.16 bits per heavy atom. The van der Waals surface area contributed by atoms with Gasteiger partial charge in [0.2, 0.25) is 5.95 Å². The highest BCUT2D eigenvalue weighted by molar-refractivity contribution is 5.87. The number of hydrogen-bond acceptors (Lipinski definition) is 8. The molecular formula is C22H28N8O. The predicted octanol–water partition coefficient (Wildman–Crippen LogP) is 4.37. The molecule has 3 aromatic rings. The molecule has 0 atom stereocenters. The van der Waals surface area contributed by atoms with Gasteiger partial charge in [0, 0.05) is 31.9 Å². The molecule has 1 saturated heterocycles. The lowest BCUT2D eigenvalue weighted by Crippen LogP contribution is -2.48. The third kappa shape index (κ3) is 3.63. The molecule has 31 heavy (non-hydrogen) atoms. The minimum Gasteiger partial charge on any atom is -0.375 e. The average molecular weight is 421 g/mol. The number of azo groups is 1. The molecule has 4 heterocycles. The standard InChI is InChI=1S/C22H28N8O/c1-14-17(28-24-3)4-5-18(25-14)16-8-12-30-19(16)20(23-2)27-21(29-30)26-15-6-9-22(10-7-15)11-13-31-22/h4-5,8,12,15H,6-7,9-11,13H2,1-3H3,(H2,23,26,27,29). The van der Waals surface area contributed by atoms with E-state index >= 15 is 0 Å². The number of pyridine rings is 1. The smallest absolute Gasteiger partial charge is 0.243 e. The minimum absolute atomic E-state index is 0.160. The third-order valence-corrected chi connectivity index (χ3v) is 6.49. The summed E-state index contributed by atoms with van der Waals surface area (Å²) in [7, 11) is 3.54. The summed E-state index contributed by atoms with van der Waals surface area (Å²) in [6, 6.07) is 6.29. The maximum absolute atomic E-state index is 5.84. The Labute approximate surface area is 181 Å². The second kappa shape index (κ2) is 7.88. The van der Waals surface area contributed by atoms with E-state index in [0.717, 1.165) is 66.3 Å². The van der Waals surface area contributed by atoms with Crippen molar-refractivity contribution >= 4 is 23.0 Å². The van der Waals surface area contributed by atoms with Crippen molar-refractivity contribution in [3.63, 3.8) is 0 Å². The number of fused-ring (bicyclic) bond motifs is 1. The zero-order valence-electron chi connectivity index (χ0n) is 18.2. The van der Waals surface area contributed by atoms with E-state index in [0.29, 0.717) is 12.0 Å². The average Bonchev–Trinajstić information content (AvgIpc) is 3.18. The van der Waals surface area contributed by atoms with Crippen molar-refractivity contribution in [3.8, 4) is 11.3 Å². The molecule has 0 aromatic carbocycles. The van der Waals surface area contributed by atoms with E-state index in [2.05, 4.69) is 20.9 Å². The van der Waals surface area contributed by atoms with Crippen LogP contribution in [-0.2, 0) is 4.74 Å². The van der Waals surface area contributed by atoms with Crippen LogP contribution in [0.2, 0.25) is 0 Å². The van der Waals surface area contributed by atoms with E-state index in [-0.39, 0.29) is 5.60 Å². The summed E-state index contributed by atoms with van der Waals surface area (Å²) in [6.07, 6.45) is 7.53. The molecule has 1 saturated carbocycles. The molecule has 2 aliphatic rings. The Bertz CT molecular complexity index is 1120. The zero-order valence-corrected chi connectivity index (χ0v) is 18.2. The van der Waals surface area contributed by atoms with Crippen LogP contribution < -0.4 is 10.6 Å². The van der Waals surface area contributed by atoms with Crippen molar-refractivity contribution in [1.82, 2.24) is 19.6 Å². The quantitative estimate of drug-likeness (QED) is 0.595. The fourth-order valence-electron chi connectivity index (χ4n) is 4.64. The number of hydrogen-bond donors (Lipinski definition) is 2. The van der Waals surface area contributed by atoms with Gasteiger partial charge in [-0.1, -0.05) is 0 Å². The summed E-state index contributed by atoms with van der Waals surface area (Å²) in [6.45, 7) is 2.85. The Hall–Kier alpha value is -3.07. The summed E-state index contributed by atoms with van der Waals surface area (Å²) < 4.78 is 7.70. The molecule has 0 bridgehead atoms. The fraction of sp³-hybridized carbons (Fsp3) is 0.500. The Morgan fingerprint density at radius 2 is 1.97 bits per heavy atom. The summed E-state index contributed by atoms with van der Waals surface area (Å²) in [5.74, 6) is 1.40. The van der Waals surface area contributed by atoms with Gasteiger partial charge in [0.15, 0.2) is 5.82 Å². The highest BCUT2D eigenvalue weighted by atomic mass is 16.5. The van der Waals surface area contributed by atoms with Crippen LogP contribution in [0.1, 0.15) is 37.8 Å². The molecule has 162 valence electrons. The first-order chi connectivity index (χ1) is 15.1. The maximum atomic E-state index is 5.84. The first-order valence-corrected chi connectivity index (χ1v) is 10.9. The number of aromatic nitrogens is 4. The van der Waals surface area contributed by atoms with Gasteiger partial charge in [0.25, 0.3) is 0 Å². The van der Waals surface area contributed by atoms with E-state index in [4.69, 9.17) is 19.8 Å². The van der Waals surface area contributed by atoms with Crippen molar-refractivity contribution in [3.05, 3.63) is 30.1 Å². The number of nitrogens with zero attached hydrogens (tertiary/aromatic N) is 6. The number of ether oxygens (including phenoxy) is 1. The van der Waals surface area contributed by atoms with Gasteiger partial charge in [-0.05, 0) is 57.2 Å². The van der Waals surface area contributed by atoms with E-state index in [9.17, 15) is 0 Å². The van der Waals surface area contributed by atoms with Gasteiger partial charge in [-0.25, -0.2) is 4.52 Å². The van der Waals surface area contributed by atoms with Crippen molar-refractivity contribution in [1.29, 1.82) is 0 Å². The van der Waals surface area contributed by atoms with Gasteiger partial charge in [-0.15, -0.1) is 5.10 Å². The van der Waals surface area contributed by atoms with Gasteiger partial charge < -0.3 is 15.4 Å². The lowest BCUT2D eigenvalue weighted by molar-refractivity contribution is -0.165. The first-order valence-electron chi connectivity index (χ1n) is 10.9. The zero-order chi connectivity index (χ0) is 21.4. The molecule has 0 radical (unpaired) electrons. The van der Waals surface area contributed by atoms with Crippen LogP contribution in [-0.4, -0.2) is 51.9 Å². The molecule has 2 fully saturated rings. The van der Waals surface area contributed by atoms with E-state index in [1.54, 1.807) is 7.05 Å². The topological polar surface area (TPSA) is 101 Å². The first kappa shape index (κ1) is 19.9. The Kier molecular flexibility index (Phi) is 5.05. The summed E-state index contributed by atoms with van der Waals surface area (Å²) >= 11 is 0. The van der Waals surface area contributed by atoms with E-state index in [1.165, 1.54) is 6.42 Å². The molecular weight excluding hydrogens is 392 g/mol. The highest BCUT2D eigenvalue weighted by Gasteiger charge is 2.41. The predicted molar refractivity (Wildman–Crippen MR) is 120 cm³/mol. The van der Waals surface area contributed by atoms with Crippen LogP contribution in [0.25, 0.3) is 16.8 Å². The van der Waals surface area contributed by atoms with Crippen LogP contribution in [0, 0.1) is 6.92 Å². The molecule has 1 aliphatic heterocycles. The summed E-state index contributed by atoms with van der Waals surface area (Å²) in [5, 5.41) is 19.5. The largest absolute Gasteiger partial charge is 0.375 e. The molecule has 9 nitrogen and oxygen atoms in total. The number of anilines is 2. The Balaban J connectivity index is 1.42. The SMILES string of the molecule is CN=Nc1ccc(-c2ccn3nc(NC4CCC5(CCO5)CC4)nc(NC)c23)nc1C. The van der Waals surface area contributed by atoms with Gasteiger partial charge in [0.1, 0.15) is 11.2 Å². The van der Waals surface area contributed by atoms with Crippen LogP contribution in [0.3, 0.4) is 0 Å². The summed E-state index contributed by atoms with van der Waals surface area (Å²) in [5.41, 5.74) is 4.49. The molecule has 1 aliphatic carbocycles. The summed E-state index contributed by atoms with van der Waals surface area (Å²) in [4.78, 5) is 9.49. The number of rotatable bonds is 5. The lowest BCUT2D eigenvalue weighted by Gasteiger charge is -2.46. The molecule has 0 amide bonds. The number of aryl methyl sites for hydroxylation is 1. The van der Waals surface area contributed by atoms with Crippen LogP contribution in [0.5, 0.6) is 0 Å². The van der Waals surface area contributed by atoms with Gasteiger partial charge in [-0.2, -0.15) is 15.2 Å². The lowest BCUT2D eigenvalue weighted by atomic mass is 9.77. The fourth-order valence-corrected chi connectivity index (χ4v) is 4.64. The van der Waals surface area contributed by atoms with Crippen molar-refractivity contribution in [2.24, 2.45) is 10.2 Å². The highest BCUT2D eigenvalue weighted by Crippen LogP contribution is 2.41. The van der Waals surface area contributed by atoms with Crippen molar-refractivity contribution in [2.75, 3.05) is 31.3 Å². The van der Waals surface area contributed by atoms with Gasteiger partial charge in [0.05, 0.1) is 23.6 Å². The maximum Gasteiger partial charge on any atom is 0.243 e. The molecule has 2 N–H and O–H groups in total. The molecule has 5 rings (SSSR count). The monoisotopic (exact) mass is 420 g/mol. The minimum atomic E-state index is 0.160. The second-order valence-corrected chi connectivity index (χ2v) is 8.36. The number of nitrogens with one attached hydrogen (secondary N) is 2. The normalized spacial score (nSPS) is 23.4. The molecule has 9 heteroatoms. The van der Waals surface area contributed by atoms with Gasteiger partial charge >= 0.3 is 0 Å². The van der Waals surface area contributed by atoms with Crippen LogP contribution >= 0.6 is 0 Å². The molecule has 1 spiro atoms. The van der Waals surface area contributed by atoms with E-state index in [1.807, 2.05) is 42.9 Å².